The summed E-state index contributed by atoms with van der Waals surface area (Å²) in [5, 5.41) is 6.57. The van der Waals surface area contributed by atoms with E-state index in [-0.39, 0.29) is 25.3 Å². The quantitative estimate of drug-likeness (QED) is 0.398. The highest BCUT2D eigenvalue weighted by Gasteiger charge is 2.36. The number of carbonyl (C=O) groups is 2. The molecule has 4 rings (SSSR count). The van der Waals surface area contributed by atoms with E-state index in [4.69, 9.17) is 21.1 Å². The molecule has 0 bridgehead atoms. The van der Waals surface area contributed by atoms with Gasteiger partial charge in [-0.2, -0.15) is 5.10 Å². The number of hydrogen-bond acceptors (Lipinski definition) is 5. The van der Waals surface area contributed by atoms with Gasteiger partial charge in [-0.15, -0.1) is 0 Å². The van der Waals surface area contributed by atoms with Gasteiger partial charge in [0.25, 0.3) is 11.8 Å². The van der Waals surface area contributed by atoms with Gasteiger partial charge in [-0.25, -0.2) is 9.40 Å². The Balaban J connectivity index is 1.67. The third-order valence-corrected chi connectivity index (χ3v) is 6.43. The Morgan fingerprint density at radius 3 is 2.57 bits per heavy atom. The lowest BCUT2D eigenvalue weighted by molar-refractivity contribution is -0.133. The van der Waals surface area contributed by atoms with E-state index in [0.29, 0.717) is 22.9 Å². The summed E-state index contributed by atoms with van der Waals surface area (Å²) < 4.78 is 24.5. The predicted octanol–water partition coefficient (Wildman–Crippen LogP) is 4.95. The van der Waals surface area contributed by atoms with Crippen molar-refractivity contribution in [3.63, 3.8) is 0 Å². The Labute approximate surface area is 220 Å². The fourth-order valence-corrected chi connectivity index (χ4v) is 4.52. The molecule has 1 aliphatic rings. The Kier molecular flexibility index (Phi) is 8.53. The molecule has 0 spiro atoms. The molecule has 0 aliphatic carbocycles. The second-order valence-corrected chi connectivity index (χ2v) is 8.86. The Bertz CT molecular complexity index is 1320. The van der Waals surface area contributed by atoms with Crippen molar-refractivity contribution >= 4 is 29.1 Å². The Hall–Kier alpha value is -3.75. The van der Waals surface area contributed by atoms with Crippen LogP contribution in [0.15, 0.2) is 77.9 Å². The summed E-state index contributed by atoms with van der Waals surface area (Å²) in [5.74, 6) is -0.798. The summed E-state index contributed by atoms with van der Waals surface area (Å²) in [5.41, 5.74) is 2.30. The lowest BCUT2D eigenvalue weighted by Gasteiger charge is -2.27. The molecule has 3 aromatic carbocycles. The summed E-state index contributed by atoms with van der Waals surface area (Å²) in [6.45, 7) is 0.0773. The lowest BCUT2D eigenvalue weighted by Crippen LogP contribution is -2.42. The van der Waals surface area contributed by atoms with E-state index in [1.54, 1.807) is 13.2 Å². The van der Waals surface area contributed by atoms with Crippen molar-refractivity contribution in [1.29, 1.82) is 0 Å². The van der Waals surface area contributed by atoms with E-state index in [2.05, 4.69) is 5.10 Å². The van der Waals surface area contributed by atoms with Crippen LogP contribution in [0.4, 0.5) is 4.39 Å². The molecule has 0 radical (unpaired) electrons. The number of nitrogens with zero attached hydrogens (tertiary/aromatic N) is 3. The molecule has 1 atom stereocenters. The topological polar surface area (TPSA) is 71.4 Å². The van der Waals surface area contributed by atoms with Crippen LogP contribution in [0.3, 0.4) is 0 Å². The van der Waals surface area contributed by atoms with Crippen LogP contribution in [0.5, 0.6) is 5.75 Å². The first kappa shape index (κ1) is 26.3. The highest BCUT2D eigenvalue weighted by molar-refractivity contribution is 6.34. The van der Waals surface area contributed by atoms with Gasteiger partial charge >= 0.3 is 0 Å². The monoisotopic (exact) mass is 523 g/mol. The van der Waals surface area contributed by atoms with Gasteiger partial charge in [0.05, 0.1) is 25.5 Å². The largest absolute Gasteiger partial charge is 0.496 e. The number of benzene rings is 3. The minimum atomic E-state index is -0.534. The van der Waals surface area contributed by atoms with Crippen molar-refractivity contribution in [3.8, 4) is 5.75 Å². The number of rotatable bonds is 9. The highest BCUT2D eigenvalue weighted by atomic mass is 35.5. The van der Waals surface area contributed by atoms with E-state index in [1.807, 2.05) is 42.5 Å². The van der Waals surface area contributed by atoms with Crippen LogP contribution in [0.25, 0.3) is 0 Å². The van der Waals surface area contributed by atoms with Gasteiger partial charge in [-0.1, -0.05) is 54.1 Å². The average molecular weight is 524 g/mol. The Morgan fingerprint density at radius 1 is 1.08 bits per heavy atom. The van der Waals surface area contributed by atoms with Crippen molar-refractivity contribution in [1.82, 2.24) is 9.91 Å². The Morgan fingerprint density at radius 2 is 1.84 bits per heavy atom. The molecule has 0 saturated heterocycles. The van der Waals surface area contributed by atoms with Crippen molar-refractivity contribution < 1.29 is 23.5 Å². The second kappa shape index (κ2) is 12.0. The van der Waals surface area contributed by atoms with Crippen molar-refractivity contribution in [3.05, 3.63) is 100 Å². The molecule has 3 aromatic rings. The van der Waals surface area contributed by atoms with Gasteiger partial charge in [0.15, 0.2) is 0 Å². The summed E-state index contributed by atoms with van der Waals surface area (Å²) in [6.07, 6.45) is 0.408. The summed E-state index contributed by atoms with van der Waals surface area (Å²) in [7, 11) is 3.07. The molecule has 2 amide bonds. The number of carbonyl (C=O) groups excluding carboxylic acids is 2. The zero-order chi connectivity index (χ0) is 26.4. The SMILES string of the molecule is COCCN(CC(=O)N1N=C(c2ccccc2Cl)CC1c1ccccc1OC)C(=O)c1cccc(F)c1. The molecule has 9 heteroatoms. The minimum Gasteiger partial charge on any atom is -0.496 e. The standard InChI is InChI=1S/C28H27ClFN3O4/c1-36-15-14-32(28(35)19-8-7-9-20(30)16-19)18-27(34)33-25(22-11-4-6-13-26(22)37-2)17-24(31-33)21-10-3-5-12-23(21)29/h3-13,16,25H,14-15,17-18H2,1-2H3. The molecule has 0 saturated carbocycles. The van der Waals surface area contributed by atoms with Crippen LogP contribution in [0.1, 0.15) is 33.9 Å². The van der Waals surface area contributed by atoms with Crippen LogP contribution < -0.4 is 4.74 Å². The van der Waals surface area contributed by atoms with Gasteiger partial charge in [0, 0.05) is 41.8 Å². The van der Waals surface area contributed by atoms with Gasteiger partial charge in [0.1, 0.15) is 18.1 Å². The lowest BCUT2D eigenvalue weighted by atomic mass is 9.97. The molecule has 1 heterocycles. The number of halogens is 2. The zero-order valence-corrected chi connectivity index (χ0v) is 21.3. The summed E-state index contributed by atoms with van der Waals surface area (Å²) in [4.78, 5) is 28.2. The molecule has 1 unspecified atom stereocenters. The first-order valence-electron chi connectivity index (χ1n) is 11.7. The molecule has 37 heavy (non-hydrogen) atoms. The van der Waals surface area contributed by atoms with Gasteiger partial charge in [-0.3, -0.25) is 9.59 Å². The maximum Gasteiger partial charge on any atom is 0.262 e. The van der Waals surface area contributed by atoms with Gasteiger partial charge < -0.3 is 14.4 Å². The van der Waals surface area contributed by atoms with E-state index < -0.39 is 23.7 Å². The third-order valence-electron chi connectivity index (χ3n) is 6.10. The molecule has 0 fully saturated rings. The molecule has 7 nitrogen and oxygen atoms in total. The second-order valence-electron chi connectivity index (χ2n) is 8.46. The molecule has 0 aromatic heterocycles. The smallest absolute Gasteiger partial charge is 0.262 e. The van der Waals surface area contributed by atoms with E-state index in [0.717, 1.165) is 17.2 Å². The van der Waals surface area contributed by atoms with Gasteiger partial charge in [-0.05, 0) is 30.3 Å². The van der Waals surface area contributed by atoms with Crippen molar-refractivity contribution in [2.75, 3.05) is 33.9 Å². The number of methoxy groups -OCH3 is 2. The number of hydrogen-bond donors (Lipinski definition) is 0. The van der Waals surface area contributed by atoms with Crippen LogP contribution in [-0.2, 0) is 9.53 Å². The number of para-hydroxylation sites is 1. The maximum atomic E-state index is 13.8. The normalized spacial score (nSPS) is 14.9. The predicted molar refractivity (Wildman–Crippen MR) is 139 cm³/mol. The van der Waals surface area contributed by atoms with Crippen LogP contribution in [-0.4, -0.2) is 61.4 Å². The molecular weight excluding hydrogens is 497 g/mol. The van der Waals surface area contributed by atoms with Gasteiger partial charge in [0.2, 0.25) is 0 Å². The average Bonchev–Trinajstić information content (AvgIpc) is 3.36. The van der Waals surface area contributed by atoms with Crippen LogP contribution >= 0.6 is 11.6 Å². The molecule has 192 valence electrons. The summed E-state index contributed by atoms with van der Waals surface area (Å²) >= 11 is 6.44. The fraction of sp³-hybridized carbons (Fsp3) is 0.250. The van der Waals surface area contributed by atoms with E-state index >= 15 is 0 Å². The van der Waals surface area contributed by atoms with Crippen molar-refractivity contribution in [2.24, 2.45) is 5.10 Å². The third kappa shape index (κ3) is 5.98. The van der Waals surface area contributed by atoms with Crippen LogP contribution in [0.2, 0.25) is 5.02 Å². The fourth-order valence-electron chi connectivity index (χ4n) is 4.28. The van der Waals surface area contributed by atoms with Crippen LogP contribution in [0, 0.1) is 5.82 Å². The number of ether oxygens (including phenoxy) is 2. The first-order valence-corrected chi connectivity index (χ1v) is 12.1. The number of amides is 2. The highest BCUT2D eigenvalue weighted by Crippen LogP contribution is 2.38. The van der Waals surface area contributed by atoms with Crippen molar-refractivity contribution in [2.45, 2.75) is 12.5 Å². The van der Waals surface area contributed by atoms with E-state index in [1.165, 1.54) is 35.2 Å². The molecule has 1 aliphatic heterocycles. The maximum absolute atomic E-state index is 13.8. The molecular formula is C28H27ClFN3O4. The minimum absolute atomic E-state index is 0.145. The van der Waals surface area contributed by atoms with E-state index in [9.17, 15) is 14.0 Å². The first-order chi connectivity index (χ1) is 17.9. The summed E-state index contributed by atoms with van der Waals surface area (Å²) in [6, 6.07) is 19.6. The zero-order valence-electron chi connectivity index (χ0n) is 20.6. The molecule has 0 N–H and O–H groups in total. The number of hydrazone groups is 1.